The minimum Gasteiger partial charge on any atom is -0.294 e. The summed E-state index contributed by atoms with van der Waals surface area (Å²) in [5.74, 6) is -0.910. The molecule has 0 fully saturated rings. The van der Waals surface area contributed by atoms with Crippen molar-refractivity contribution < 1.29 is 18.0 Å². The van der Waals surface area contributed by atoms with Gasteiger partial charge in [-0.2, -0.15) is 13.2 Å². The number of ketones is 1. The van der Waals surface area contributed by atoms with Crippen molar-refractivity contribution in [2.45, 2.75) is 39.8 Å². The first kappa shape index (κ1) is 13.2. The average Bonchev–Trinajstić information content (AvgIpc) is 1.95. The third kappa shape index (κ3) is 5.04. The van der Waals surface area contributed by atoms with Gasteiger partial charge in [0.25, 0.3) is 0 Å². The highest BCUT2D eigenvalue weighted by Gasteiger charge is 2.36. The summed E-state index contributed by atoms with van der Waals surface area (Å²) in [6.45, 7) is 8.37. The quantitative estimate of drug-likeness (QED) is 0.649. The van der Waals surface area contributed by atoms with E-state index in [9.17, 15) is 18.0 Å². The van der Waals surface area contributed by atoms with Gasteiger partial charge in [-0.25, -0.2) is 0 Å². The van der Waals surface area contributed by atoms with Crippen LogP contribution in [0, 0.1) is 5.41 Å². The third-order valence-electron chi connectivity index (χ3n) is 1.78. The molecule has 0 aliphatic rings. The van der Waals surface area contributed by atoms with Crippen molar-refractivity contribution in [3.05, 3.63) is 12.2 Å². The van der Waals surface area contributed by atoms with Crippen LogP contribution >= 0.6 is 0 Å². The summed E-state index contributed by atoms with van der Waals surface area (Å²) in [6.07, 6.45) is -4.25. The zero-order valence-electron chi connectivity index (χ0n) is 8.66. The van der Waals surface area contributed by atoms with E-state index in [1.165, 1.54) is 0 Å². The molecule has 4 heteroatoms. The number of allylic oxidation sites excluding steroid dienone is 1. The standard InChI is InChI=1S/C10H15F3O/c1-7(10(11,12)13)8(14)5-6-9(2,3)4/h1,5-6H2,2-4H3. The molecule has 82 valence electrons. The van der Waals surface area contributed by atoms with E-state index in [-0.39, 0.29) is 11.8 Å². The Labute approximate surface area is 82.0 Å². The molecule has 0 heterocycles. The topological polar surface area (TPSA) is 17.1 Å². The molecule has 0 bridgehead atoms. The Morgan fingerprint density at radius 3 is 1.93 bits per heavy atom. The van der Waals surface area contributed by atoms with Crippen LogP contribution in [0.2, 0.25) is 0 Å². The zero-order chi connectivity index (χ0) is 11.6. The molecule has 0 aromatic rings. The largest absolute Gasteiger partial charge is 0.419 e. The lowest BCUT2D eigenvalue weighted by Gasteiger charge is -2.17. The Bertz CT molecular complexity index is 233. The van der Waals surface area contributed by atoms with E-state index in [1.807, 2.05) is 20.8 Å². The van der Waals surface area contributed by atoms with Crippen LogP contribution in [0.4, 0.5) is 13.2 Å². The maximum atomic E-state index is 12.0. The highest BCUT2D eigenvalue weighted by molar-refractivity contribution is 5.95. The van der Waals surface area contributed by atoms with Crippen molar-refractivity contribution in [2.24, 2.45) is 5.41 Å². The van der Waals surface area contributed by atoms with Crippen LogP contribution in [0.25, 0.3) is 0 Å². The number of alkyl halides is 3. The van der Waals surface area contributed by atoms with Crippen LogP contribution in [0.15, 0.2) is 12.2 Å². The number of carbonyl (C=O) groups excluding carboxylic acids is 1. The van der Waals surface area contributed by atoms with Crippen LogP contribution < -0.4 is 0 Å². The zero-order valence-corrected chi connectivity index (χ0v) is 8.66. The van der Waals surface area contributed by atoms with Crippen LogP contribution in [0.1, 0.15) is 33.6 Å². The molecule has 0 N–H and O–H groups in total. The first-order chi connectivity index (χ1) is 6.04. The van der Waals surface area contributed by atoms with Gasteiger partial charge in [0.2, 0.25) is 0 Å². The first-order valence-electron chi connectivity index (χ1n) is 4.33. The van der Waals surface area contributed by atoms with Gasteiger partial charge in [0.15, 0.2) is 5.78 Å². The van der Waals surface area contributed by atoms with Gasteiger partial charge >= 0.3 is 6.18 Å². The highest BCUT2D eigenvalue weighted by atomic mass is 19.4. The summed E-state index contributed by atoms with van der Waals surface area (Å²) in [4.78, 5) is 11.0. The fraction of sp³-hybridized carbons (Fsp3) is 0.700. The number of hydrogen-bond donors (Lipinski definition) is 0. The molecule has 0 aromatic heterocycles. The molecule has 0 atom stereocenters. The average molecular weight is 208 g/mol. The fourth-order valence-corrected chi connectivity index (χ4v) is 0.798. The lowest BCUT2D eigenvalue weighted by atomic mass is 9.88. The monoisotopic (exact) mass is 208 g/mol. The van der Waals surface area contributed by atoms with Gasteiger partial charge in [-0.15, -0.1) is 0 Å². The van der Waals surface area contributed by atoms with E-state index in [4.69, 9.17) is 0 Å². The number of halogens is 3. The van der Waals surface area contributed by atoms with Crippen molar-refractivity contribution in [3.63, 3.8) is 0 Å². The maximum Gasteiger partial charge on any atom is 0.419 e. The summed E-state index contributed by atoms with van der Waals surface area (Å²) in [5.41, 5.74) is -1.39. The maximum absolute atomic E-state index is 12.0. The van der Waals surface area contributed by atoms with Gasteiger partial charge < -0.3 is 0 Å². The van der Waals surface area contributed by atoms with E-state index in [0.717, 1.165) is 0 Å². The second kappa shape index (κ2) is 4.15. The molecular formula is C10H15F3O. The summed E-state index contributed by atoms with van der Waals surface area (Å²) in [6, 6.07) is 0. The van der Waals surface area contributed by atoms with Crippen LogP contribution in [-0.2, 0) is 4.79 Å². The SMILES string of the molecule is C=C(C(=O)CCC(C)(C)C)C(F)(F)F. The highest BCUT2D eigenvalue weighted by Crippen LogP contribution is 2.28. The molecule has 0 aliphatic carbocycles. The number of hydrogen-bond acceptors (Lipinski definition) is 1. The minimum atomic E-state index is -4.59. The number of Topliss-reactive ketones (excluding diaryl/α,β-unsaturated/α-hetero) is 1. The second-order valence-corrected chi connectivity index (χ2v) is 4.46. The Morgan fingerprint density at radius 2 is 1.64 bits per heavy atom. The Morgan fingerprint density at radius 1 is 1.21 bits per heavy atom. The van der Waals surface area contributed by atoms with Gasteiger partial charge in [-0.3, -0.25) is 4.79 Å². The summed E-state index contributed by atoms with van der Waals surface area (Å²) >= 11 is 0. The molecule has 0 spiro atoms. The lowest BCUT2D eigenvalue weighted by molar-refractivity contribution is -0.129. The number of carbonyl (C=O) groups is 1. The molecular weight excluding hydrogens is 193 g/mol. The Hall–Kier alpha value is -0.800. The summed E-state index contributed by atoms with van der Waals surface area (Å²) in [7, 11) is 0. The van der Waals surface area contributed by atoms with Gasteiger partial charge in [0, 0.05) is 6.42 Å². The first-order valence-corrected chi connectivity index (χ1v) is 4.33. The van der Waals surface area contributed by atoms with Crippen LogP contribution in [0.5, 0.6) is 0 Å². The van der Waals surface area contributed by atoms with E-state index in [0.29, 0.717) is 6.42 Å². The van der Waals surface area contributed by atoms with Crippen LogP contribution in [0.3, 0.4) is 0 Å². The van der Waals surface area contributed by atoms with E-state index in [1.54, 1.807) is 0 Å². The number of rotatable bonds is 3. The molecule has 14 heavy (non-hydrogen) atoms. The van der Waals surface area contributed by atoms with Gasteiger partial charge in [-0.05, 0) is 11.8 Å². The summed E-state index contributed by atoms with van der Waals surface area (Å²) < 4.78 is 36.0. The molecule has 0 rings (SSSR count). The minimum absolute atomic E-state index is 0.0954. The smallest absolute Gasteiger partial charge is 0.294 e. The van der Waals surface area contributed by atoms with Crippen molar-refractivity contribution in [1.29, 1.82) is 0 Å². The molecule has 0 saturated carbocycles. The molecule has 0 radical (unpaired) electrons. The fourth-order valence-electron chi connectivity index (χ4n) is 0.798. The molecule has 0 aliphatic heterocycles. The Balaban J connectivity index is 4.19. The molecule has 0 unspecified atom stereocenters. The predicted octanol–water partition coefficient (Wildman–Crippen LogP) is 3.50. The second-order valence-electron chi connectivity index (χ2n) is 4.46. The van der Waals surface area contributed by atoms with E-state index < -0.39 is 17.5 Å². The normalized spacial score (nSPS) is 12.7. The van der Waals surface area contributed by atoms with Gasteiger partial charge in [-0.1, -0.05) is 27.4 Å². The van der Waals surface area contributed by atoms with Crippen molar-refractivity contribution in [3.8, 4) is 0 Å². The lowest BCUT2D eigenvalue weighted by Crippen LogP contribution is -2.20. The van der Waals surface area contributed by atoms with Gasteiger partial charge in [0.1, 0.15) is 0 Å². The molecule has 0 saturated heterocycles. The Kier molecular flexibility index (Phi) is 3.91. The van der Waals surface area contributed by atoms with Crippen molar-refractivity contribution in [1.82, 2.24) is 0 Å². The molecule has 0 amide bonds. The molecule has 0 aromatic carbocycles. The van der Waals surface area contributed by atoms with E-state index >= 15 is 0 Å². The van der Waals surface area contributed by atoms with E-state index in [2.05, 4.69) is 6.58 Å². The molecule has 1 nitrogen and oxygen atoms in total. The third-order valence-corrected chi connectivity index (χ3v) is 1.78. The van der Waals surface area contributed by atoms with Crippen molar-refractivity contribution >= 4 is 5.78 Å². The van der Waals surface area contributed by atoms with Gasteiger partial charge in [0.05, 0.1) is 5.57 Å². The predicted molar refractivity (Wildman–Crippen MR) is 48.9 cm³/mol. The van der Waals surface area contributed by atoms with Crippen molar-refractivity contribution in [2.75, 3.05) is 0 Å². The summed E-state index contributed by atoms with van der Waals surface area (Å²) in [5, 5.41) is 0. The van der Waals surface area contributed by atoms with Crippen LogP contribution in [-0.4, -0.2) is 12.0 Å².